The van der Waals surface area contributed by atoms with Gasteiger partial charge in [-0.3, -0.25) is 4.79 Å². The Kier molecular flexibility index (Phi) is 2.77. The van der Waals surface area contributed by atoms with Crippen molar-refractivity contribution in [2.24, 2.45) is 0 Å². The summed E-state index contributed by atoms with van der Waals surface area (Å²) in [7, 11) is 0. The molecule has 1 fully saturated rings. The molecule has 0 atom stereocenters. The zero-order chi connectivity index (χ0) is 9.97. The van der Waals surface area contributed by atoms with Crippen LogP contribution in [0.4, 0.5) is 0 Å². The molecule has 1 aromatic rings. The topological polar surface area (TPSA) is 26.3 Å². The SMILES string of the molecule is CSc1c(C=O)cccc1OC1CC1. The van der Waals surface area contributed by atoms with Crippen LogP contribution in [0.25, 0.3) is 0 Å². The lowest BCUT2D eigenvalue weighted by Gasteiger charge is -2.10. The van der Waals surface area contributed by atoms with Gasteiger partial charge in [-0.2, -0.15) is 0 Å². The van der Waals surface area contributed by atoms with E-state index in [2.05, 4.69) is 0 Å². The van der Waals surface area contributed by atoms with Crippen molar-refractivity contribution >= 4 is 18.0 Å². The molecule has 0 N–H and O–H groups in total. The molecule has 1 aliphatic rings. The van der Waals surface area contributed by atoms with E-state index >= 15 is 0 Å². The highest BCUT2D eigenvalue weighted by Crippen LogP contribution is 2.35. The predicted octanol–water partition coefficient (Wildman–Crippen LogP) is 2.76. The van der Waals surface area contributed by atoms with Gasteiger partial charge < -0.3 is 4.74 Å². The quantitative estimate of drug-likeness (QED) is 0.562. The minimum atomic E-state index is 0.378. The van der Waals surface area contributed by atoms with Crippen LogP contribution in [-0.2, 0) is 0 Å². The van der Waals surface area contributed by atoms with E-state index in [-0.39, 0.29) is 0 Å². The average molecular weight is 208 g/mol. The van der Waals surface area contributed by atoms with Gasteiger partial charge in [0.05, 0.1) is 11.0 Å². The summed E-state index contributed by atoms with van der Waals surface area (Å²) in [6.07, 6.45) is 5.49. The van der Waals surface area contributed by atoms with E-state index < -0.39 is 0 Å². The van der Waals surface area contributed by atoms with E-state index in [9.17, 15) is 4.79 Å². The summed E-state index contributed by atoms with van der Waals surface area (Å²) < 4.78 is 5.71. The second-order valence-corrected chi connectivity index (χ2v) is 4.13. The standard InChI is InChI=1S/C11H12O2S/c1-14-11-8(7-12)3-2-4-10(11)13-9-5-6-9/h2-4,7,9H,5-6H2,1H3. The molecule has 0 unspecified atom stereocenters. The second kappa shape index (κ2) is 4.05. The second-order valence-electron chi connectivity index (χ2n) is 3.31. The molecule has 74 valence electrons. The van der Waals surface area contributed by atoms with Crippen LogP contribution in [0.1, 0.15) is 23.2 Å². The molecule has 3 heteroatoms. The normalized spacial score (nSPS) is 15.2. The summed E-state index contributed by atoms with van der Waals surface area (Å²) in [5, 5.41) is 0. The Bertz CT molecular complexity index is 345. The number of rotatable bonds is 4. The number of ether oxygens (including phenoxy) is 1. The van der Waals surface area contributed by atoms with E-state index in [4.69, 9.17) is 4.74 Å². The number of aldehydes is 1. The third kappa shape index (κ3) is 1.93. The summed E-state index contributed by atoms with van der Waals surface area (Å²) in [6.45, 7) is 0. The molecule has 1 saturated carbocycles. The zero-order valence-electron chi connectivity index (χ0n) is 8.03. The molecule has 0 aliphatic heterocycles. The monoisotopic (exact) mass is 208 g/mol. The Morgan fingerprint density at radius 2 is 2.29 bits per heavy atom. The number of thioether (sulfide) groups is 1. The molecular formula is C11H12O2S. The molecule has 0 radical (unpaired) electrons. The number of carbonyl (C=O) groups excluding carboxylic acids is 1. The van der Waals surface area contributed by atoms with Gasteiger partial charge >= 0.3 is 0 Å². The summed E-state index contributed by atoms with van der Waals surface area (Å²) in [5.74, 6) is 0.851. The van der Waals surface area contributed by atoms with Crippen molar-refractivity contribution < 1.29 is 9.53 Å². The van der Waals surface area contributed by atoms with Crippen LogP contribution in [0.2, 0.25) is 0 Å². The molecule has 2 rings (SSSR count). The lowest BCUT2D eigenvalue weighted by molar-refractivity contribution is 0.112. The predicted molar refractivity (Wildman–Crippen MR) is 57.3 cm³/mol. The Hall–Kier alpha value is -0.960. The van der Waals surface area contributed by atoms with Crippen LogP contribution in [0.5, 0.6) is 5.75 Å². The third-order valence-corrected chi connectivity index (χ3v) is 3.00. The van der Waals surface area contributed by atoms with Crippen LogP contribution in [0.3, 0.4) is 0 Å². The molecule has 2 nitrogen and oxygen atoms in total. The first kappa shape index (κ1) is 9.59. The van der Waals surface area contributed by atoms with E-state index in [1.54, 1.807) is 11.8 Å². The van der Waals surface area contributed by atoms with Crippen LogP contribution in [0.15, 0.2) is 23.1 Å². The van der Waals surface area contributed by atoms with Crippen LogP contribution in [0, 0.1) is 0 Å². The summed E-state index contributed by atoms with van der Waals surface area (Å²) in [6, 6.07) is 5.61. The Morgan fingerprint density at radius 3 is 2.86 bits per heavy atom. The average Bonchev–Trinajstić information content (AvgIpc) is 3.01. The maximum atomic E-state index is 10.8. The molecule has 0 saturated heterocycles. The van der Waals surface area contributed by atoms with Crippen molar-refractivity contribution in [1.82, 2.24) is 0 Å². The lowest BCUT2D eigenvalue weighted by atomic mass is 10.2. The molecule has 0 spiro atoms. The highest BCUT2D eigenvalue weighted by Gasteiger charge is 2.24. The van der Waals surface area contributed by atoms with Gasteiger partial charge in [0, 0.05) is 5.56 Å². The molecule has 0 bridgehead atoms. The Labute approximate surface area is 87.6 Å². The fourth-order valence-corrected chi connectivity index (χ4v) is 1.97. The molecule has 0 heterocycles. The maximum Gasteiger partial charge on any atom is 0.151 e. The van der Waals surface area contributed by atoms with Crippen molar-refractivity contribution in [2.45, 2.75) is 23.8 Å². The van der Waals surface area contributed by atoms with Gasteiger partial charge in [-0.1, -0.05) is 12.1 Å². The third-order valence-electron chi connectivity index (χ3n) is 2.16. The minimum Gasteiger partial charge on any atom is -0.489 e. The molecule has 14 heavy (non-hydrogen) atoms. The first-order valence-electron chi connectivity index (χ1n) is 4.64. The van der Waals surface area contributed by atoms with Gasteiger partial charge in [0.1, 0.15) is 5.75 Å². The highest BCUT2D eigenvalue weighted by atomic mass is 32.2. The molecular weight excluding hydrogens is 196 g/mol. The fraction of sp³-hybridized carbons (Fsp3) is 0.364. The van der Waals surface area contributed by atoms with Gasteiger partial charge in [-0.05, 0) is 25.2 Å². The van der Waals surface area contributed by atoms with E-state index in [0.717, 1.165) is 35.3 Å². The minimum absolute atomic E-state index is 0.378. The van der Waals surface area contributed by atoms with Gasteiger partial charge in [0.25, 0.3) is 0 Å². The van der Waals surface area contributed by atoms with Crippen molar-refractivity contribution in [3.8, 4) is 5.75 Å². The Balaban J connectivity index is 2.30. The van der Waals surface area contributed by atoms with Crippen LogP contribution >= 0.6 is 11.8 Å². The van der Waals surface area contributed by atoms with Crippen molar-refractivity contribution in [2.75, 3.05) is 6.26 Å². The van der Waals surface area contributed by atoms with Crippen molar-refractivity contribution in [3.05, 3.63) is 23.8 Å². The number of benzene rings is 1. The number of carbonyl (C=O) groups is 1. The Morgan fingerprint density at radius 1 is 1.50 bits per heavy atom. The highest BCUT2D eigenvalue weighted by molar-refractivity contribution is 7.98. The van der Waals surface area contributed by atoms with Gasteiger partial charge in [0.15, 0.2) is 6.29 Å². The van der Waals surface area contributed by atoms with Crippen LogP contribution < -0.4 is 4.74 Å². The smallest absolute Gasteiger partial charge is 0.151 e. The first-order chi connectivity index (χ1) is 6.85. The van der Waals surface area contributed by atoms with E-state index in [1.165, 1.54) is 0 Å². The summed E-state index contributed by atoms with van der Waals surface area (Å²) in [5.41, 5.74) is 0.718. The van der Waals surface area contributed by atoms with Crippen molar-refractivity contribution in [3.63, 3.8) is 0 Å². The molecule has 0 amide bonds. The van der Waals surface area contributed by atoms with Gasteiger partial charge in [0.2, 0.25) is 0 Å². The van der Waals surface area contributed by atoms with E-state index in [0.29, 0.717) is 6.10 Å². The van der Waals surface area contributed by atoms with Crippen LogP contribution in [-0.4, -0.2) is 18.6 Å². The first-order valence-corrected chi connectivity index (χ1v) is 5.86. The number of hydrogen-bond acceptors (Lipinski definition) is 3. The van der Waals surface area contributed by atoms with Crippen molar-refractivity contribution in [1.29, 1.82) is 0 Å². The fourth-order valence-electron chi connectivity index (χ4n) is 1.30. The molecule has 1 aromatic carbocycles. The lowest BCUT2D eigenvalue weighted by Crippen LogP contribution is -1.98. The maximum absolute atomic E-state index is 10.8. The largest absolute Gasteiger partial charge is 0.489 e. The van der Waals surface area contributed by atoms with Gasteiger partial charge in [-0.15, -0.1) is 11.8 Å². The zero-order valence-corrected chi connectivity index (χ0v) is 8.84. The summed E-state index contributed by atoms with van der Waals surface area (Å²) in [4.78, 5) is 11.7. The summed E-state index contributed by atoms with van der Waals surface area (Å²) >= 11 is 1.56. The molecule has 0 aromatic heterocycles. The van der Waals surface area contributed by atoms with Gasteiger partial charge in [-0.25, -0.2) is 0 Å². The van der Waals surface area contributed by atoms with E-state index in [1.807, 2.05) is 24.5 Å². The molecule has 1 aliphatic carbocycles. The number of hydrogen-bond donors (Lipinski definition) is 0.